The highest BCUT2D eigenvalue weighted by atomic mass is 15.0. The number of pyridine rings is 1. The maximum atomic E-state index is 4.16. The van der Waals surface area contributed by atoms with Gasteiger partial charge in [-0.1, -0.05) is 5.92 Å². The minimum absolute atomic E-state index is 0.940. The third-order valence-electron chi connectivity index (χ3n) is 1.67. The lowest BCUT2D eigenvalue weighted by Gasteiger charge is -1.92. The highest BCUT2D eigenvalue weighted by Gasteiger charge is 1.92. The van der Waals surface area contributed by atoms with Gasteiger partial charge < -0.3 is 4.40 Å². The van der Waals surface area contributed by atoms with Gasteiger partial charge in [-0.3, -0.25) is 0 Å². The van der Waals surface area contributed by atoms with Crippen LogP contribution >= 0.6 is 0 Å². The van der Waals surface area contributed by atoms with Crippen molar-refractivity contribution >= 4 is 5.65 Å². The maximum absolute atomic E-state index is 4.16. The van der Waals surface area contributed by atoms with Gasteiger partial charge in [0.25, 0.3) is 0 Å². The Morgan fingerprint density at radius 1 is 1.42 bits per heavy atom. The second kappa shape index (κ2) is 2.71. The fraction of sp³-hybridized carbons (Fsp3) is 0.100. The van der Waals surface area contributed by atoms with Crippen molar-refractivity contribution in [1.82, 2.24) is 9.38 Å². The summed E-state index contributed by atoms with van der Waals surface area (Å²) >= 11 is 0. The molecule has 0 fully saturated rings. The number of nitrogens with zero attached hydrogens (tertiary/aromatic N) is 2. The molecule has 0 amide bonds. The average Bonchev–Trinajstić information content (AvgIpc) is 2.51. The van der Waals surface area contributed by atoms with Crippen LogP contribution in [0.4, 0.5) is 0 Å². The van der Waals surface area contributed by atoms with Crippen molar-refractivity contribution in [2.24, 2.45) is 0 Å². The van der Waals surface area contributed by atoms with Crippen LogP contribution in [0.25, 0.3) is 5.65 Å². The van der Waals surface area contributed by atoms with Crippen LogP contribution < -0.4 is 0 Å². The van der Waals surface area contributed by atoms with E-state index >= 15 is 0 Å². The summed E-state index contributed by atoms with van der Waals surface area (Å²) in [6, 6.07) is 3.95. The number of hydrogen-bond donors (Lipinski definition) is 0. The Bertz CT molecular complexity index is 457. The molecule has 2 heteroatoms. The van der Waals surface area contributed by atoms with Crippen LogP contribution in [-0.4, -0.2) is 9.38 Å². The van der Waals surface area contributed by atoms with E-state index in [0.29, 0.717) is 0 Å². The van der Waals surface area contributed by atoms with E-state index in [0.717, 1.165) is 11.2 Å². The Balaban J connectivity index is 2.65. The second-order valence-corrected chi connectivity index (χ2v) is 2.48. The molecular formula is C10H8N2. The third kappa shape index (κ3) is 1.06. The van der Waals surface area contributed by atoms with E-state index in [9.17, 15) is 0 Å². The van der Waals surface area contributed by atoms with E-state index in [2.05, 4.69) is 16.8 Å². The molecule has 0 spiro atoms. The van der Waals surface area contributed by atoms with Crippen LogP contribution in [0.1, 0.15) is 12.5 Å². The van der Waals surface area contributed by atoms with E-state index in [1.807, 2.05) is 35.9 Å². The predicted molar refractivity (Wildman–Crippen MR) is 47.7 cm³/mol. The van der Waals surface area contributed by atoms with Crippen molar-refractivity contribution in [2.45, 2.75) is 6.92 Å². The molecule has 2 rings (SSSR count). The minimum Gasteiger partial charge on any atom is -0.307 e. The average molecular weight is 156 g/mol. The monoisotopic (exact) mass is 156 g/mol. The fourth-order valence-electron chi connectivity index (χ4n) is 1.13. The lowest BCUT2D eigenvalue weighted by molar-refractivity contribution is 1.18. The van der Waals surface area contributed by atoms with Crippen molar-refractivity contribution in [3.05, 3.63) is 36.3 Å². The van der Waals surface area contributed by atoms with E-state index < -0.39 is 0 Å². The SMILES string of the molecule is CC#Cc1ccn2ccnc2c1. The van der Waals surface area contributed by atoms with Crippen molar-refractivity contribution < 1.29 is 0 Å². The summed E-state index contributed by atoms with van der Waals surface area (Å²) in [5, 5.41) is 0. The van der Waals surface area contributed by atoms with E-state index in [4.69, 9.17) is 0 Å². The molecule has 0 unspecified atom stereocenters. The van der Waals surface area contributed by atoms with Gasteiger partial charge in [-0.05, 0) is 19.1 Å². The van der Waals surface area contributed by atoms with Crippen LogP contribution in [0.3, 0.4) is 0 Å². The van der Waals surface area contributed by atoms with Gasteiger partial charge in [0, 0.05) is 24.2 Å². The van der Waals surface area contributed by atoms with Gasteiger partial charge in [0.05, 0.1) is 0 Å². The van der Waals surface area contributed by atoms with Gasteiger partial charge in [0.2, 0.25) is 0 Å². The lowest BCUT2D eigenvalue weighted by Crippen LogP contribution is -1.83. The van der Waals surface area contributed by atoms with Crippen LogP contribution in [0.5, 0.6) is 0 Å². The summed E-state index contributed by atoms with van der Waals surface area (Å²) in [5.41, 5.74) is 1.95. The summed E-state index contributed by atoms with van der Waals surface area (Å²) in [6.45, 7) is 1.83. The number of hydrogen-bond acceptors (Lipinski definition) is 1. The fourth-order valence-corrected chi connectivity index (χ4v) is 1.13. The third-order valence-corrected chi connectivity index (χ3v) is 1.67. The van der Waals surface area contributed by atoms with Crippen LogP contribution in [0.2, 0.25) is 0 Å². The number of rotatable bonds is 0. The molecule has 0 bridgehead atoms. The summed E-state index contributed by atoms with van der Waals surface area (Å²) in [7, 11) is 0. The van der Waals surface area contributed by atoms with Gasteiger partial charge in [-0.15, -0.1) is 5.92 Å². The van der Waals surface area contributed by atoms with Gasteiger partial charge in [-0.25, -0.2) is 4.98 Å². The highest BCUT2D eigenvalue weighted by Crippen LogP contribution is 2.03. The Labute approximate surface area is 70.9 Å². The van der Waals surface area contributed by atoms with Gasteiger partial charge in [0.15, 0.2) is 0 Å². The molecule has 2 aromatic heterocycles. The van der Waals surface area contributed by atoms with Crippen molar-refractivity contribution in [3.63, 3.8) is 0 Å². The summed E-state index contributed by atoms with van der Waals surface area (Å²) < 4.78 is 1.96. The molecule has 0 N–H and O–H groups in total. The molecule has 2 heterocycles. The summed E-state index contributed by atoms with van der Waals surface area (Å²) in [5.74, 6) is 5.84. The molecule has 0 aliphatic rings. The zero-order chi connectivity index (χ0) is 8.39. The number of imidazole rings is 1. The first-order valence-electron chi connectivity index (χ1n) is 3.75. The molecule has 0 saturated heterocycles. The van der Waals surface area contributed by atoms with Crippen LogP contribution in [0, 0.1) is 11.8 Å². The molecule has 0 aromatic carbocycles. The first-order chi connectivity index (χ1) is 5.90. The molecule has 0 atom stereocenters. The normalized spacial score (nSPS) is 9.42. The maximum Gasteiger partial charge on any atom is 0.137 e. The molecule has 0 saturated carbocycles. The zero-order valence-electron chi connectivity index (χ0n) is 6.78. The largest absolute Gasteiger partial charge is 0.307 e. The van der Waals surface area contributed by atoms with E-state index in [-0.39, 0.29) is 0 Å². The first kappa shape index (κ1) is 6.93. The Kier molecular flexibility index (Phi) is 1.56. The smallest absolute Gasteiger partial charge is 0.137 e. The number of fused-ring (bicyclic) bond motifs is 1. The Morgan fingerprint density at radius 2 is 2.33 bits per heavy atom. The molecule has 2 nitrogen and oxygen atoms in total. The zero-order valence-corrected chi connectivity index (χ0v) is 6.78. The van der Waals surface area contributed by atoms with Crippen molar-refractivity contribution in [2.75, 3.05) is 0 Å². The summed E-state index contributed by atoms with van der Waals surface area (Å²) in [6.07, 6.45) is 5.65. The minimum atomic E-state index is 0.940. The van der Waals surface area contributed by atoms with Crippen LogP contribution in [0.15, 0.2) is 30.7 Å². The molecule has 58 valence electrons. The lowest BCUT2D eigenvalue weighted by atomic mass is 10.3. The van der Waals surface area contributed by atoms with Gasteiger partial charge in [-0.2, -0.15) is 0 Å². The first-order valence-corrected chi connectivity index (χ1v) is 3.75. The molecule has 2 aromatic rings. The van der Waals surface area contributed by atoms with Crippen molar-refractivity contribution in [1.29, 1.82) is 0 Å². The van der Waals surface area contributed by atoms with Crippen LogP contribution in [-0.2, 0) is 0 Å². The quantitative estimate of drug-likeness (QED) is 0.531. The van der Waals surface area contributed by atoms with Gasteiger partial charge >= 0.3 is 0 Å². The molecule has 0 aliphatic carbocycles. The highest BCUT2D eigenvalue weighted by molar-refractivity contribution is 5.47. The second-order valence-electron chi connectivity index (χ2n) is 2.48. The van der Waals surface area contributed by atoms with E-state index in [1.165, 1.54) is 0 Å². The van der Waals surface area contributed by atoms with Crippen molar-refractivity contribution in [3.8, 4) is 11.8 Å². The molecule has 0 radical (unpaired) electrons. The molecular weight excluding hydrogens is 148 g/mol. The molecule has 12 heavy (non-hydrogen) atoms. The molecule has 0 aliphatic heterocycles. The predicted octanol–water partition coefficient (Wildman–Crippen LogP) is 1.71. The Hall–Kier alpha value is -1.75. The van der Waals surface area contributed by atoms with E-state index in [1.54, 1.807) is 6.20 Å². The topological polar surface area (TPSA) is 17.3 Å². The van der Waals surface area contributed by atoms with Gasteiger partial charge in [0.1, 0.15) is 5.65 Å². The Morgan fingerprint density at radius 3 is 3.17 bits per heavy atom. The summed E-state index contributed by atoms with van der Waals surface area (Å²) in [4.78, 5) is 4.16. The standard InChI is InChI=1S/C10H8N2/c1-2-3-9-4-6-12-7-5-11-10(12)8-9/h4-8H,1H3. The number of aromatic nitrogens is 2.